The average Bonchev–Trinajstić information content (AvgIpc) is 2.41. The summed E-state index contributed by atoms with van der Waals surface area (Å²) in [5.74, 6) is 0.658. The molecule has 2 aromatic carbocycles. The Kier molecular flexibility index (Phi) is 4.58. The maximum atomic E-state index is 12.3. The fraction of sp³-hybridized carbons (Fsp3) is 0.0769. The van der Waals surface area contributed by atoms with Crippen LogP contribution in [0.3, 0.4) is 0 Å². The van der Waals surface area contributed by atoms with Gasteiger partial charge >= 0.3 is 7.82 Å². The summed E-state index contributed by atoms with van der Waals surface area (Å²) in [6.45, 7) is -0.767. The number of hydrogen-bond donors (Lipinski definition) is 1. The summed E-state index contributed by atoms with van der Waals surface area (Å²) in [6, 6.07) is 16.9. The molecule has 1 N–H and O–H groups in total. The molecular weight excluding hydrogens is 267 g/mol. The third-order valence-corrected chi connectivity index (χ3v) is 3.44. The molecule has 0 saturated heterocycles. The molecule has 0 heterocycles. The second-order valence-corrected chi connectivity index (χ2v) is 5.03. The smallest absolute Gasteiger partial charge is 0.395 e. The van der Waals surface area contributed by atoms with Crippen molar-refractivity contribution in [3.8, 4) is 11.5 Å². The number of rotatable bonds is 6. The number of phosphoric acid groups is 1. The van der Waals surface area contributed by atoms with Gasteiger partial charge in [-0.2, -0.15) is 0 Å². The molecular formula is C13H13O5P. The van der Waals surface area contributed by atoms with Crippen LogP contribution in [0.4, 0.5) is 0 Å². The van der Waals surface area contributed by atoms with E-state index in [4.69, 9.17) is 18.7 Å². The third-order valence-electron chi connectivity index (χ3n) is 2.14. The first-order valence-electron chi connectivity index (χ1n) is 5.56. The molecule has 100 valence electrons. The number of aliphatic hydroxyl groups excluding tert-OH is 1. The molecule has 2 rings (SSSR count). The lowest BCUT2D eigenvalue weighted by atomic mass is 10.3. The minimum atomic E-state index is -3.91. The second kappa shape index (κ2) is 6.38. The van der Waals surface area contributed by atoms with E-state index in [0.717, 1.165) is 0 Å². The molecule has 0 aliphatic heterocycles. The van der Waals surface area contributed by atoms with E-state index in [1.807, 2.05) is 0 Å². The zero-order chi connectivity index (χ0) is 13.6. The van der Waals surface area contributed by atoms with Gasteiger partial charge in [-0.3, -0.25) is 0 Å². The molecule has 0 radical (unpaired) electrons. The van der Waals surface area contributed by atoms with Crippen LogP contribution in [0.2, 0.25) is 0 Å². The maximum absolute atomic E-state index is 12.3. The predicted octanol–water partition coefficient (Wildman–Crippen LogP) is 3.22. The largest absolute Gasteiger partial charge is 0.589 e. The second-order valence-electron chi connectivity index (χ2n) is 3.51. The zero-order valence-electron chi connectivity index (χ0n) is 10.0. The summed E-state index contributed by atoms with van der Waals surface area (Å²) < 4.78 is 27.4. The van der Waals surface area contributed by atoms with Crippen LogP contribution in [0.1, 0.15) is 0 Å². The van der Waals surface area contributed by atoms with E-state index < -0.39 is 14.6 Å². The first kappa shape index (κ1) is 13.6. The highest BCUT2D eigenvalue weighted by atomic mass is 31.2. The minimum Gasteiger partial charge on any atom is -0.395 e. The molecule has 5 nitrogen and oxygen atoms in total. The number of benzene rings is 2. The third kappa shape index (κ3) is 4.10. The van der Waals surface area contributed by atoms with Gasteiger partial charge in [0.15, 0.2) is 6.79 Å². The van der Waals surface area contributed by atoms with Gasteiger partial charge in [0.05, 0.1) is 0 Å². The van der Waals surface area contributed by atoms with Crippen LogP contribution in [0.25, 0.3) is 0 Å². The quantitative estimate of drug-likeness (QED) is 0.650. The molecule has 0 unspecified atom stereocenters. The Labute approximate surface area is 111 Å². The van der Waals surface area contributed by atoms with Crippen LogP contribution in [-0.4, -0.2) is 11.9 Å². The van der Waals surface area contributed by atoms with Crippen molar-refractivity contribution in [1.82, 2.24) is 0 Å². The average molecular weight is 280 g/mol. The van der Waals surface area contributed by atoms with E-state index in [1.165, 1.54) is 0 Å². The van der Waals surface area contributed by atoms with Gasteiger partial charge < -0.3 is 14.2 Å². The van der Waals surface area contributed by atoms with Gasteiger partial charge in [-0.05, 0) is 24.3 Å². The van der Waals surface area contributed by atoms with E-state index in [9.17, 15) is 4.57 Å². The van der Waals surface area contributed by atoms with Gasteiger partial charge in [0.2, 0.25) is 0 Å². The van der Waals surface area contributed by atoms with Crippen LogP contribution in [0.15, 0.2) is 60.7 Å². The van der Waals surface area contributed by atoms with Gasteiger partial charge in [-0.1, -0.05) is 36.4 Å². The van der Waals surface area contributed by atoms with Crippen molar-refractivity contribution in [3.05, 3.63) is 60.7 Å². The van der Waals surface area contributed by atoms with Gasteiger partial charge in [-0.25, -0.2) is 9.09 Å². The predicted molar refractivity (Wildman–Crippen MR) is 69.9 cm³/mol. The normalized spacial score (nSPS) is 11.0. The molecule has 0 aliphatic carbocycles. The molecule has 0 aliphatic rings. The summed E-state index contributed by atoms with van der Waals surface area (Å²) in [5, 5.41) is 8.80. The highest BCUT2D eigenvalue weighted by molar-refractivity contribution is 7.49. The zero-order valence-corrected chi connectivity index (χ0v) is 10.9. The number of aliphatic hydroxyl groups is 1. The summed E-state index contributed by atoms with van der Waals surface area (Å²) in [4.78, 5) is 0. The molecule has 0 aromatic heterocycles. The highest BCUT2D eigenvalue weighted by Gasteiger charge is 2.30. The molecule has 0 bridgehead atoms. The van der Waals surface area contributed by atoms with Crippen molar-refractivity contribution in [3.63, 3.8) is 0 Å². The summed E-state index contributed by atoms with van der Waals surface area (Å²) in [7, 11) is -3.91. The Bertz CT molecular complexity index is 498. The van der Waals surface area contributed by atoms with Crippen LogP contribution in [0, 0.1) is 0 Å². The molecule has 6 heteroatoms. The summed E-state index contributed by atoms with van der Waals surface area (Å²) >= 11 is 0. The number of hydrogen-bond acceptors (Lipinski definition) is 5. The first-order chi connectivity index (χ1) is 9.22. The fourth-order valence-corrected chi connectivity index (χ4v) is 2.41. The minimum absolute atomic E-state index is 0.329. The fourth-order valence-electron chi connectivity index (χ4n) is 1.36. The molecule has 0 amide bonds. The van der Waals surface area contributed by atoms with Gasteiger partial charge in [-0.15, -0.1) is 0 Å². The van der Waals surface area contributed by atoms with Gasteiger partial charge in [0.25, 0.3) is 0 Å². The van der Waals surface area contributed by atoms with Crippen molar-refractivity contribution < 1.29 is 23.2 Å². The van der Waals surface area contributed by atoms with Crippen molar-refractivity contribution in [1.29, 1.82) is 0 Å². The summed E-state index contributed by atoms with van der Waals surface area (Å²) in [5.41, 5.74) is 0. The van der Waals surface area contributed by atoms with Crippen molar-refractivity contribution in [2.24, 2.45) is 0 Å². The Hall–Kier alpha value is -1.81. The van der Waals surface area contributed by atoms with Crippen molar-refractivity contribution >= 4 is 7.82 Å². The van der Waals surface area contributed by atoms with Crippen LogP contribution in [-0.2, 0) is 9.09 Å². The molecule has 19 heavy (non-hydrogen) atoms. The Morgan fingerprint density at radius 3 is 1.63 bits per heavy atom. The van der Waals surface area contributed by atoms with Gasteiger partial charge in [0, 0.05) is 0 Å². The van der Waals surface area contributed by atoms with Crippen LogP contribution in [0.5, 0.6) is 11.5 Å². The van der Waals surface area contributed by atoms with E-state index in [0.29, 0.717) is 11.5 Å². The van der Waals surface area contributed by atoms with E-state index in [2.05, 4.69) is 0 Å². The van der Waals surface area contributed by atoms with E-state index in [-0.39, 0.29) is 0 Å². The Balaban J connectivity index is 2.16. The number of para-hydroxylation sites is 2. The standard InChI is InChI=1S/C13H13O5P/c14-11-16-19(15,17-12-7-3-1-4-8-12)18-13-9-5-2-6-10-13/h1-10,14H,11H2. The van der Waals surface area contributed by atoms with E-state index >= 15 is 0 Å². The van der Waals surface area contributed by atoms with Crippen LogP contribution >= 0.6 is 7.82 Å². The Morgan fingerprint density at radius 2 is 1.26 bits per heavy atom. The molecule has 0 fully saturated rings. The highest BCUT2D eigenvalue weighted by Crippen LogP contribution is 2.49. The molecule has 0 atom stereocenters. The lowest BCUT2D eigenvalue weighted by molar-refractivity contribution is 0.0710. The molecule has 0 saturated carbocycles. The molecule has 0 spiro atoms. The van der Waals surface area contributed by atoms with Crippen molar-refractivity contribution in [2.45, 2.75) is 0 Å². The lowest BCUT2D eigenvalue weighted by Crippen LogP contribution is -2.05. The van der Waals surface area contributed by atoms with Crippen molar-refractivity contribution in [2.75, 3.05) is 6.79 Å². The van der Waals surface area contributed by atoms with E-state index in [1.54, 1.807) is 60.7 Å². The number of phosphoric ester groups is 1. The van der Waals surface area contributed by atoms with Crippen LogP contribution < -0.4 is 9.05 Å². The molecule has 2 aromatic rings. The monoisotopic (exact) mass is 280 g/mol. The Morgan fingerprint density at radius 1 is 0.842 bits per heavy atom. The SMILES string of the molecule is O=P(OCO)(Oc1ccccc1)Oc1ccccc1. The first-order valence-corrected chi connectivity index (χ1v) is 7.03. The van der Waals surface area contributed by atoms with Gasteiger partial charge in [0.1, 0.15) is 11.5 Å². The maximum Gasteiger partial charge on any atom is 0.589 e. The topological polar surface area (TPSA) is 65.0 Å². The summed E-state index contributed by atoms with van der Waals surface area (Å²) in [6.07, 6.45) is 0. The lowest BCUT2D eigenvalue weighted by Gasteiger charge is -2.17.